The van der Waals surface area contributed by atoms with Gasteiger partial charge in [0.25, 0.3) is 0 Å². The topological polar surface area (TPSA) is 54.4 Å². The molecule has 1 unspecified atom stereocenters. The summed E-state index contributed by atoms with van der Waals surface area (Å²) in [5.41, 5.74) is 1.87. The molecule has 0 radical (unpaired) electrons. The van der Waals surface area contributed by atoms with Gasteiger partial charge in [0, 0.05) is 0 Å². The second-order valence-electron chi connectivity index (χ2n) is 5.04. The van der Waals surface area contributed by atoms with Crippen molar-refractivity contribution in [2.24, 2.45) is 0 Å². The zero-order chi connectivity index (χ0) is 15.8. The smallest absolute Gasteiger partial charge is 0.225 e. The fraction of sp³-hybridized carbons (Fsp3) is 0.158. The molecular weight excluding hydrogens is 276 g/mol. The Balaban J connectivity index is 1.77. The molecule has 112 valence electrons. The fourth-order valence-electron chi connectivity index (χ4n) is 2.04. The molecule has 1 N–H and O–H groups in total. The summed E-state index contributed by atoms with van der Waals surface area (Å²) in [6, 6.07) is 9.90. The maximum Gasteiger partial charge on any atom is 0.225 e. The van der Waals surface area contributed by atoms with Crippen molar-refractivity contribution >= 4 is 17.6 Å². The van der Waals surface area contributed by atoms with E-state index in [9.17, 15) is 14.7 Å². The Morgan fingerprint density at radius 1 is 1.00 bits per heavy atom. The molecule has 3 heteroatoms. The Labute approximate surface area is 130 Å². The number of carbonyl (C=O) groups excluding carboxylic acids is 2. The van der Waals surface area contributed by atoms with E-state index in [-0.39, 0.29) is 0 Å². The summed E-state index contributed by atoms with van der Waals surface area (Å²) in [6.07, 6.45) is 12.1. The van der Waals surface area contributed by atoms with Crippen molar-refractivity contribution in [1.82, 2.24) is 0 Å². The van der Waals surface area contributed by atoms with Crippen LogP contribution in [0.1, 0.15) is 18.4 Å². The molecule has 1 aromatic rings. The van der Waals surface area contributed by atoms with Gasteiger partial charge in [-0.05, 0) is 36.1 Å². The predicted molar refractivity (Wildman–Crippen MR) is 87.1 cm³/mol. The van der Waals surface area contributed by atoms with Gasteiger partial charge in [-0.1, -0.05) is 60.7 Å². The summed E-state index contributed by atoms with van der Waals surface area (Å²) in [7, 11) is 0. The van der Waals surface area contributed by atoms with Crippen LogP contribution in [0.2, 0.25) is 0 Å². The van der Waals surface area contributed by atoms with Gasteiger partial charge >= 0.3 is 0 Å². The number of hydrogen-bond acceptors (Lipinski definition) is 3. The summed E-state index contributed by atoms with van der Waals surface area (Å²) in [5, 5.41) is 9.87. The highest BCUT2D eigenvalue weighted by Gasteiger charge is 2.13. The summed E-state index contributed by atoms with van der Waals surface area (Å²) in [4.78, 5) is 22.3. The Morgan fingerprint density at radius 2 is 1.77 bits per heavy atom. The molecule has 0 amide bonds. The third-order valence-corrected chi connectivity index (χ3v) is 3.27. The Hall–Kier alpha value is -2.52. The summed E-state index contributed by atoms with van der Waals surface area (Å²) in [6.45, 7) is 0. The van der Waals surface area contributed by atoms with Crippen molar-refractivity contribution in [1.29, 1.82) is 0 Å². The monoisotopic (exact) mass is 294 g/mol. The molecule has 2 rings (SSSR count). The molecule has 1 aliphatic rings. The van der Waals surface area contributed by atoms with Crippen LogP contribution in [0.25, 0.3) is 6.08 Å². The lowest BCUT2D eigenvalue weighted by Gasteiger charge is -2.08. The largest absolute Gasteiger partial charge is 0.389 e. The van der Waals surface area contributed by atoms with Crippen LogP contribution in [0.3, 0.4) is 0 Å². The van der Waals surface area contributed by atoms with Crippen LogP contribution in [-0.4, -0.2) is 22.8 Å². The van der Waals surface area contributed by atoms with Gasteiger partial charge in [-0.3, -0.25) is 9.59 Å². The van der Waals surface area contributed by atoms with Crippen LogP contribution in [0, 0.1) is 0 Å². The molecule has 1 atom stereocenters. The lowest BCUT2D eigenvalue weighted by atomic mass is 9.99. The number of carbonyl (C=O) groups is 2. The van der Waals surface area contributed by atoms with E-state index in [1.54, 1.807) is 18.2 Å². The standard InChI is InChI=1S/C19H18O3/c20-17(9-5-4-8-15-6-2-1-3-7-15)12-10-16-11-13-18(21)19(22)14-16/h1-9,11,13-14,17,20H,10,12H2/b8-4-,9-5+. The highest BCUT2D eigenvalue weighted by atomic mass is 16.3. The molecule has 3 nitrogen and oxygen atoms in total. The molecule has 0 aliphatic heterocycles. The van der Waals surface area contributed by atoms with Gasteiger partial charge in [0.2, 0.25) is 11.6 Å². The lowest BCUT2D eigenvalue weighted by molar-refractivity contribution is -0.131. The average molecular weight is 294 g/mol. The van der Waals surface area contributed by atoms with Gasteiger partial charge < -0.3 is 5.11 Å². The molecule has 0 fully saturated rings. The minimum atomic E-state index is -0.581. The van der Waals surface area contributed by atoms with Gasteiger partial charge in [-0.25, -0.2) is 0 Å². The zero-order valence-corrected chi connectivity index (χ0v) is 12.2. The minimum Gasteiger partial charge on any atom is -0.389 e. The van der Waals surface area contributed by atoms with Gasteiger partial charge in [-0.2, -0.15) is 0 Å². The first-order valence-corrected chi connectivity index (χ1v) is 7.20. The number of allylic oxidation sites excluding steroid dienone is 6. The van der Waals surface area contributed by atoms with E-state index in [1.165, 1.54) is 12.2 Å². The lowest BCUT2D eigenvalue weighted by Crippen LogP contribution is -2.12. The van der Waals surface area contributed by atoms with Gasteiger partial charge in [0.15, 0.2) is 0 Å². The maximum absolute atomic E-state index is 11.2. The fourth-order valence-corrected chi connectivity index (χ4v) is 2.04. The van der Waals surface area contributed by atoms with Crippen LogP contribution in [0.15, 0.2) is 72.4 Å². The number of rotatable bonds is 6. The second kappa shape index (κ2) is 8.05. The van der Waals surface area contributed by atoms with Crippen molar-refractivity contribution in [3.05, 3.63) is 77.9 Å². The van der Waals surface area contributed by atoms with Crippen molar-refractivity contribution in [2.45, 2.75) is 18.9 Å². The van der Waals surface area contributed by atoms with Crippen LogP contribution in [0.4, 0.5) is 0 Å². The van der Waals surface area contributed by atoms with Crippen molar-refractivity contribution in [3.8, 4) is 0 Å². The Bertz CT molecular complexity index is 649. The normalized spacial score (nSPS) is 16.5. The van der Waals surface area contributed by atoms with E-state index in [2.05, 4.69) is 0 Å². The minimum absolute atomic E-state index is 0.491. The highest BCUT2D eigenvalue weighted by Crippen LogP contribution is 2.13. The number of aliphatic hydroxyl groups is 1. The van der Waals surface area contributed by atoms with E-state index < -0.39 is 17.7 Å². The summed E-state index contributed by atoms with van der Waals surface area (Å²) in [5.74, 6) is -0.983. The van der Waals surface area contributed by atoms with Crippen LogP contribution < -0.4 is 0 Å². The SMILES string of the molecule is O=C1C=CC(CCC(O)/C=C/C=C\c2ccccc2)=CC1=O. The Morgan fingerprint density at radius 3 is 2.50 bits per heavy atom. The average Bonchev–Trinajstić information content (AvgIpc) is 2.54. The van der Waals surface area contributed by atoms with E-state index in [4.69, 9.17) is 0 Å². The molecule has 1 aromatic carbocycles. The van der Waals surface area contributed by atoms with Crippen LogP contribution in [0.5, 0.6) is 0 Å². The van der Waals surface area contributed by atoms with E-state index in [0.717, 1.165) is 11.1 Å². The van der Waals surface area contributed by atoms with Crippen molar-refractivity contribution in [2.75, 3.05) is 0 Å². The second-order valence-corrected chi connectivity index (χ2v) is 5.04. The Kier molecular flexibility index (Phi) is 5.81. The molecular formula is C19H18O3. The molecule has 22 heavy (non-hydrogen) atoms. The third kappa shape index (κ3) is 5.11. The quantitative estimate of drug-likeness (QED) is 0.498. The van der Waals surface area contributed by atoms with Crippen molar-refractivity contribution < 1.29 is 14.7 Å². The molecule has 0 spiro atoms. The zero-order valence-electron chi connectivity index (χ0n) is 12.2. The first-order chi connectivity index (χ1) is 10.6. The molecule has 0 saturated carbocycles. The molecule has 0 aromatic heterocycles. The van der Waals surface area contributed by atoms with E-state index in [1.807, 2.05) is 42.5 Å². The number of hydrogen-bond donors (Lipinski definition) is 1. The highest BCUT2D eigenvalue weighted by molar-refractivity contribution is 6.46. The predicted octanol–water partition coefficient (Wildman–Crippen LogP) is 3.03. The molecule has 0 bridgehead atoms. The maximum atomic E-state index is 11.2. The number of aliphatic hydroxyl groups excluding tert-OH is 1. The first kappa shape index (κ1) is 15.9. The van der Waals surface area contributed by atoms with Crippen LogP contribution in [-0.2, 0) is 9.59 Å². The first-order valence-electron chi connectivity index (χ1n) is 7.20. The van der Waals surface area contributed by atoms with Crippen LogP contribution >= 0.6 is 0 Å². The molecule has 0 heterocycles. The van der Waals surface area contributed by atoms with E-state index >= 15 is 0 Å². The van der Waals surface area contributed by atoms with Crippen molar-refractivity contribution in [3.63, 3.8) is 0 Å². The summed E-state index contributed by atoms with van der Waals surface area (Å²) >= 11 is 0. The van der Waals surface area contributed by atoms with Gasteiger partial charge in [0.05, 0.1) is 6.10 Å². The van der Waals surface area contributed by atoms with Gasteiger partial charge in [-0.15, -0.1) is 0 Å². The number of ketones is 2. The van der Waals surface area contributed by atoms with E-state index in [0.29, 0.717) is 12.8 Å². The van der Waals surface area contributed by atoms with Gasteiger partial charge in [0.1, 0.15) is 0 Å². The third-order valence-electron chi connectivity index (χ3n) is 3.27. The number of benzene rings is 1. The summed E-state index contributed by atoms with van der Waals surface area (Å²) < 4.78 is 0. The molecule has 1 aliphatic carbocycles. The molecule has 0 saturated heterocycles.